The van der Waals surface area contributed by atoms with Gasteiger partial charge in [-0.3, -0.25) is 4.72 Å². The molecule has 2 aromatic carbocycles. The molecule has 3 aromatic rings. The van der Waals surface area contributed by atoms with Crippen molar-refractivity contribution in [2.45, 2.75) is 18.7 Å². The van der Waals surface area contributed by atoms with Gasteiger partial charge in [0.2, 0.25) is 0 Å². The molecular weight excluding hydrogens is 430 g/mol. The fraction of sp³-hybridized carbons (Fsp3) is 0.130. The van der Waals surface area contributed by atoms with Crippen LogP contribution in [0.1, 0.15) is 32.7 Å². The molecule has 3 rings (SSSR count). The average molecular weight is 452 g/mol. The zero-order chi connectivity index (χ0) is 23.5. The van der Waals surface area contributed by atoms with Gasteiger partial charge in [0.15, 0.2) is 5.69 Å². The van der Waals surface area contributed by atoms with E-state index in [0.717, 1.165) is 5.56 Å². The molecule has 9 heteroatoms. The molecule has 4 N–H and O–H groups in total. The van der Waals surface area contributed by atoms with E-state index < -0.39 is 16.0 Å². The van der Waals surface area contributed by atoms with Crippen LogP contribution in [0.25, 0.3) is 0 Å². The summed E-state index contributed by atoms with van der Waals surface area (Å²) >= 11 is 0. The highest BCUT2D eigenvalue weighted by atomic mass is 32.2. The number of hydrogen-bond acceptors (Lipinski definition) is 6. The molecule has 1 heterocycles. The third kappa shape index (κ3) is 4.66. The monoisotopic (exact) mass is 451 g/mol. The van der Waals surface area contributed by atoms with Gasteiger partial charge in [-0.1, -0.05) is 24.0 Å². The second-order valence-electron chi connectivity index (χ2n) is 6.88. The number of rotatable bonds is 5. The first kappa shape index (κ1) is 22.7. The molecule has 32 heavy (non-hydrogen) atoms. The zero-order valence-corrected chi connectivity index (χ0v) is 18.4. The molecule has 0 aliphatic rings. The molecule has 0 amide bonds. The normalized spacial score (nSPS) is 10.7. The van der Waals surface area contributed by atoms with Crippen LogP contribution in [0.15, 0.2) is 53.6 Å². The van der Waals surface area contributed by atoms with Crippen molar-refractivity contribution in [2.24, 2.45) is 0 Å². The lowest BCUT2D eigenvalue weighted by atomic mass is 10.1. The van der Waals surface area contributed by atoms with Crippen LogP contribution in [0.3, 0.4) is 0 Å². The Balaban J connectivity index is 1.95. The number of methoxy groups -OCH3 is 1. The number of carbonyl (C=O) groups is 1. The smallest absolute Gasteiger partial charge is 0.356 e. The molecule has 0 fully saturated rings. The Labute approximate surface area is 186 Å². The molecule has 0 aliphatic carbocycles. The summed E-state index contributed by atoms with van der Waals surface area (Å²) in [6.45, 7) is 3.51. The van der Waals surface area contributed by atoms with E-state index in [1.165, 1.54) is 25.4 Å². The third-order valence-corrected chi connectivity index (χ3v) is 6.34. The molecule has 0 saturated heterocycles. The molecule has 0 unspecified atom stereocenters. The largest absolute Gasteiger partial charge is 0.496 e. The summed E-state index contributed by atoms with van der Waals surface area (Å²) < 4.78 is 34.0. The quantitative estimate of drug-likeness (QED) is 0.508. The van der Waals surface area contributed by atoms with Gasteiger partial charge in [0, 0.05) is 17.3 Å². The Hall–Kier alpha value is -4.03. The number of nitrogens with one attached hydrogen (secondary N) is 1. The number of hydrogen-bond donors (Lipinski definition) is 3. The van der Waals surface area contributed by atoms with E-state index in [4.69, 9.17) is 15.6 Å². The van der Waals surface area contributed by atoms with E-state index >= 15 is 0 Å². The van der Waals surface area contributed by atoms with Gasteiger partial charge in [0.1, 0.15) is 5.75 Å². The fourth-order valence-corrected chi connectivity index (χ4v) is 4.41. The number of nitrogen functional groups attached to an aromatic ring is 1. The first-order valence-electron chi connectivity index (χ1n) is 9.41. The van der Waals surface area contributed by atoms with Gasteiger partial charge in [-0.25, -0.2) is 18.2 Å². The van der Waals surface area contributed by atoms with Gasteiger partial charge in [-0.15, -0.1) is 0 Å². The van der Waals surface area contributed by atoms with E-state index in [-0.39, 0.29) is 16.3 Å². The minimum absolute atomic E-state index is 0.0105. The number of aromatic carboxylic acids is 1. The highest BCUT2D eigenvalue weighted by Crippen LogP contribution is 2.28. The Morgan fingerprint density at radius 3 is 2.50 bits per heavy atom. The molecule has 8 nitrogen and oxygen atoms in total. The molecule has 1 aromatic heterocycles. The topological polar surface area (TPSA) is 132 Å². The van der Waals surface area contributed by atoms with E-state index in [2.05, 4.69) is 21.5 Å². The molecule has 0 radical (unpaired) electrons. The van der Waals surface area contributed by atoms with Crippen LogP contribution in [0, 0.1) is 25.7 Å². The number of nitrogens with zero attached hydrogens (tertiary/aromatic N) is 1. The maximum Gasteiger partial charge on any atom is 0.356 e. The van der Waals surface area contributed by atoms with Crippen LogP contribution >= 0.6 is 0 Å². The molecular formula is C23H21N3O5S. The summed E-state index contributed by atoms with van der Waals surface area (Å²) in [5, 5.41) is 9.02. The van der Waals surface area contributed by atoms with Crippen LogP contribution < -0.4 is 15.2 Å². The van der Waals surface area contributed by atoms with Crippen molar-refractivity contribution in [2.75, 3.05) is 17.6 Å². The fourth-order valence-electron chi connectivity index (χ4n) is 3.03. The number of sulfonamides is 1. The van der Waals surface area contributed by atoms with Crippen molar-refractivity contribution < 1.29 is 23.1 Å². The van der Waals surface area contributed by atoms with Gasteiger partial charge in [-0.2, -0.15) is 0 Å². The van der Waals surface area contributed by atoms with Gasteiger partial charge in [0.25, 0.3) is 10.0 Å². The van der Waals surface area contributed by atoms with E-state index in [1.54, 1.807) is 44.2 Å². The maximum atomic E-state index is 13.1. The van der Waals surface area contributed by atoms with Gasteiger partial charge >= 0.3 is 5.97 Å². The summed E-state index contributed by atoms with van der Waals surface area (Å²) in [5.74, 6) is 5.09. The molecule has 0 aliphatic heterocycles. The Kier molecular flexibility index (Phi) is 6.37. The van der Waals surface area contributed by atoms with Gasteiger partial charge in [-0.05, 0) is 55.3 Å². The number of nitrogens with two attached hydrogens (primary N) is 1. The number of ether oxygens (including phenoxy) is 1. The number of anilines is 2. The Morgan fingerprint density at radius 2 is 1.84 bits per heavy atom. The average Bonchev–Trinajstić information content (AvgIpc) is 2.74. The summed E-state index contributed by atoms with van der Waals surface area (Å²) in [6, 6.07) is 11.2. The second-order valence-corrected chi connectivity index (χ2v) is 8.53. The van der Waals surface area contributed by atoms with Crippen molar-refractivity contribution in [1.29, 1.82) is 0 Å². The zero-order valence-electron chi connectivity index (χ0n) is 17.6. The predicted molar refractivity (Wildman–Crippen MR) is 121 cm³/mol. The van der Waals surface area contributed by atoms with E-state index in [0.29, 0.717) is 28.1 Å². The van der Waals surface area contributed by atoms with Crippen LogP contribution in [0.2, 0.25) is 0 Å². The maximum absolute atomic E-state index is 13.1. The first-order chi connectivity index (χ1) is 15.1. The van der Waals surface area contributed by atoms with E-state index in [1.807, 2.05) is 0 Å². The molecule has 0 atom stereocenters. The highest BCUT2D eigenvalue weighted by Gasteiger charge is 2.20. The predicted octanol–water partition coefficient (Wildman–Crippen LogP) is 3.19. The number of aromatic nitrogens is 1. The number of para-hydroxylation sites is 1. The van der Waals surface area contributed by atoms with Crippen molar-refractivity contribution in [3.63, 3.8) is 0 Å². The van der Waals surface area contributed by atoms with Crippen molar-refractivity contribution in [3.8, 4) is 17.6 Å². The van der Waals surface area contributed by atoms with Crippen LogP contribution in [0.4, 0.5) is 11.4 Å². The summed E-state index contributed by atoms with van der Waals surface area (Å²) in [5.41, 5.74) is 7.88. The van der Waals surface area contributed by atoms with Crippen LogP contribution in [-0.2, 0) is 10.0 Å². The minimum Gasteiger partial charge on any atom is -0.496 e. The Morgan fingerprint density at radius 1 is 1.12 bits per heavy atom. The molecule has 164 valence electrons. The molecule has 0 bridgehead atoms. The SMILES string of the molecule is COc1ccc(S(=O)(=O)Nc2ccccc2C#Cc2cnc(C(=O)O)c(N)c2)c(C)c1C. The third-order valence-electron chi connectivity index (χ3n) is 4.83. The van der Waals surface area contributed by atoms with Crippen molar-refractivity contribution in [1.82, 2.24) is 4.98 Å². The second kappa shape index (κ2) is 8.99. The Bertz CT molecular complexity index is 1370. The lowest BCUT2D eigenvalue weighted by molar-refractivity contribution is 0.0691. The lowest BCUT2D eigenvalue weighted by Crippen LogP contribution is -2.15. The summed E-state index contributed by atoms with van der Waals surface area (Å²) in [7, 11) is -2.36. The number of carboxylic acid groups (broad SMARTS) is 1. The minimum atomic E-state index is -3.89. The number of pyridine rings is 1. The van der Waals surface area contributed by atoms with E-state index in [9.17, 15) is 13.2 Å². The van der Waals surface area contributed by atoms with Gasteiger partial charge in [0.05, 0.1) is 23.4 Å². The van der Waals surface area contributed by atoms with Crippen LogP contribution in [-0.4, -0.2) is 31.6 Å². The molecule has 0 spiro atoms. The lowest BCUT2D eigenvalue weighted by Gasteiger charge is -2.15. The summed E-state index contributed by atoms with van der Waals surface area (Å²) in [4.78, 5) is 15.0. The molecule has 0 saturated carbocycles. The van der Waals surface area contributed by atoms with Crippen molar-refractivity contribution >= 4 is 27.4 Å². The van der Waals surface area contributed by atoms with Crippen LogP contribution in [0.5, 0.6) is 5.75 Å². The number of carboxylic acids is 1. The first-order valence-corrected chi connectivity index (χ1v) is 10.9. The standard InChI is InChI=1S/C23H21N3O5S/c1-14-15(2)21(11-10-20(14)31-3)32(29,30)26-19-7-5-4-6-17(19)9-8-16-12-18(24)22(23(27)28)25-13-16/h4-7,10-13,26H,24H2,1-3H3,(H,27,28). The summed E-state index contributed by atoms with van der Waals surface area (Å²) in [6.07, 6.45) is 1.29. The highest BCUT2D eigenvalue weighted by molar-refractivity contribution is 7.92. The van der Waals surface area contributed by atoms with Crippen molar-refractivity contribution in [3.05, 3.63) is 76.6 Å². The van der Waals surface area contributed by atoms with Gasteiger partial charge < -0.3 is 15.6 Å². The number of benzene rings is 2.